The highest BCUT2D eigenvalue weighted by Gasteiger charge is 2.48. The molecule has 2 heterocycles. The molecule has 3 unspecified atom stereocenters. The van der Waals surface area contributed by atoms with Gasteiger partial charge in [-0.05, 0) is 59.9 Å². The monoisotopic (exact) mass is 559 g/mol. The molecule has 1 fully saturated rings. The van der Waals surface area contributed by atoms with Crippen LogP contribution in [0.2, 0.25) is 0 Å². The normalized spacial score (nSPS) is 21.4. The highest BCUT2D eigenvalue weighted by atomic mass is 19.4. The van der Waals surface area contributed by atoms with Crippen LogP contribution in [-0.2, 0) is 24.2 Å². The lowest BCUT2D eigenvalue weighted by Crippen LogP contribution is -2.70. The minimum absolute atomic E-state index is 0.266. The van der Waals surface area contributed by atoms with Crippen LogP contribution < -0.4 is 10.1 Å². The van der Waals surface area contributed by atoms with Gasteiger partial charge in [-0.2, -0.15) is 0 Å². The first-order chi connectivity index (χ1) is 19.8. The van der Waals surface area contributed by atoms with Crippen LogP contribution in [0.5, 0.6) is 5.75 Å². The molecule has 0 aliphatic carbocycles. The molecule has 0 saturated carbocycles. The maximum absolute atomic E-state index is 13.2. The Hall–Kier alpha value is -4.01. The van der Waals surface area contributed by atoms with Crippen molar-refractivity contribution < 1.29 is 22.7 Å². The van der Waals surface area contributed by atoms with E-state index < -0.39 is 17.9 Å². The SMILES string of the molecule is Cc1cc(OC(F)(F)F)ccc1C1CNC(Cc2ccccc2)(Cc2ccccn2)C(C=O)N1Cc1ccccc1. The molecule has 4 aromatic rings. The summed E-state index contributed by atoms with van der Waals surface area (Å²) in [7, 11) is 0. The van der Waals surface area contributed by atoms with Crippen LogP contribution in [0, 0.1) is 6.92 Å². The fraction of sp³-hybridized carbons (Fsp3) is 0.273. The first-order valence-corrected chi connectivity index (χ1v) is 13.6. The third-order valence-electron chi connectivity index (χ3n) is 7.73. The highest BCUT2D eigenvalue weighted by Crippen LogP contribution is 2.38. The summed E-state index contributed by atoms with van der Waals surface area (Å²) in [5.41, 5.74) is 3.79. The van der Waals surface area contributed by atoms with Crippen LogP contribution in [0.15, 0.2) is 103 Å². The van der Waals surface area contributed by atoms with Crippen molar-refractivity contribution >= 4 is 6.29 Å². The summed E-state index contributed by atoms with van der Waals surface area (Å²) in [6.45, 7) is 2.74. The number of carbonyl (C=O) groups is 1. The lowest BCUT2D eigenvalue weighted by atomic mass is 9.76. The number of hydrogen-bond donors (Lipinski definition) is 1. The van der Waals surface area contributed by atoms with E-state index in [0.717, 1.165) is 28.7 Å². The molecular formula is C33H32F3N3O2. The van der Waals surface area contributed by atoms with Crippen LogP contribution in [0.3, 0.4) is 0 Å². The number of pyridine rings is 1. The fourth-order valence-corrected chi connectivity index (χ4v) is 5.93. The van der Waals surface area contributed by atoms with Crippen molar-refractivity contribution in [3.05, 3.63) is 131 Å². The third kappa shape index (κ3) is 6.84. The molecule has 0 amide bonds. The molecule has 3 atom stereocenters. The van der Waals surface area contributed by atoms with E-state index in [1.54, 1.807) is 19.2 Å². The standard InChI is InChI=1S/C33H32F3N3O2/c1-24-18-28(41-33(34,35)36)15-16-29(24)30-21-38-32(19-25-10-4-2-5-11-25,20-27-14-8-9-17-37-27)31(23-40)39(30)22-26-12-6-3-7-13-26/h2-18,23,30-31,38H,19-22H2,1H3. The minimum atomic E-state index is -4.77. The molecule has 3 aromatic carbocycles. The number of aldehydes is 1. The van der Waals surface area contributed by atoms with Gasteiger partial charge in [0.1, 0.15) is 12.0 Å². The van der Waals surface area contributed by atoms with Crippen molar-refractivity contribution in [1.82, 2.24) is 15.2 Å². The number of nitrogens with zero attached hydrogens (tertiary/aromatic N) is 2. The predicted octanol–water partition coefficient (Wildman–Crippen LogP) is 6.23. The van der Waals surface area contributed by atoms with Gasteiger partial charge in [0.2, 0.25) is 0 Å². The zero-order valence-corrected chi connectivity index (χ0v) is 22.7. The Morgan fingerprint density at radius 3 is 2.24 bits per heavy atom. The Morgan fingerprint density at radius 2 is 1.63 bits per heavy atom. The van der Waals surface area contributed by atoms with Crippen molar-refractivity contribution in [2.24, 2.45) is 0 Å². The summed E-state index contributed by atoms with van der Waals surface area (Å²) in [6.07, 6.45) is -0.914. The van der Waals surface area contributed by atoms with E-state index in [1.165, 1.54) is 12.1 Å². The van der Waals surface area contributed by atoms with Gasteiger partial charge in [0.25, 0.3) is 0 Å². The van der Waals surface area contributed by atoms with E-state index >= 15 is 0 Å². The van der Waals surface area contributed by atoms with Gasteiger partial charge in [0, 0.05) is 37.4 Å². The number of rotatable bonds is 9. The summed E-state index contributed by atoms with van der Waals surface area (Å²) < 4.78 is 42.8. The number of alkyl halides is 3. The number of halogens is 3. The molecule has 1 N–H and O–H groups in total. The molecule has 41 heavy (non-hydrogen) atoms. The van der Waals surface area contributed by atoms with Gasteiger partial charge in [-0.3, -0.25) is 9.88 Å². The van der Waals surface area contributed by atoms with Crippen LogP contribution in [-0.4, -0.2) is 40.7 Å². The van der Waals surface area contributed by atoms with Crippen molar-refractivity contribution in [3.8, 4) is 5.75 Å². The summed E-state index contributed by atoms with van der Waals surface area (Å²) in [5.74, 6) is -0.266. The summed E-state index contributed by atoms with van der Waals surface area (Å²) in [6, 6.07) is 29.3. The van der Waals surface area contributed by atoms with E-state index in [-0.39, 0.29) is 11.8 Å². The van der Waals surface area contributed by atoms with Gasteiger partial charge in [-0.1, -0.05) is 72.8 Å². The van der Waals surface area contributed by atoms with Gasteiger partial charge in [0.05, 0.1) is 11.6 Å². The van der Waals surface area contributed by atoms with E-state index in [2.05, 4.69) is 32.1 Å². The minimum Gasteiger partial charge on any atom is -0.406 e. The third-order valence-corrected chi connectivity index (χ3v) is 7.73. The van der Waals surface area contributed by atoms with E-state index in [0.29, 0.717) is 31.5 Å². The Labute approximate surface area is 238 Å². The van der Waals surface area contributed by atoms with Gasteiger partial charge in [-0.15, -0.1) is 13.2 Å². The maximum Gasteiger partial charge on any atom is 0.573 e. The average Bonchev–Trinajstić information content (AvgIpc) is 2.95. The predicted molar refractivity (Wildman–Crippen MR) is 151 cm³/mol. The zero-order valence-electron chi connectivity index (χ0n) is 22.7. The van der Waals surface area contributed by atoms with E-state index in [4.69, 9.17) is 0 Å². The largest absolute Gasteiger partial charge is 0.573 e. The molecule has 1 aliphatic rings. The molecule has 5 nitrogen and oxygen atoms in total. The molecule has 0 radical (unpaired) electrons. The van der Waals surface area contributed by atoms with Gasteiger partial charge in [-0.25, -0.2) is 0 Å². The summed E-state index contributed by atoms with van der Waals surface area (Å²) in [4.78, 5) is 19.9. The molecular weight excluding hydrogens is 527 g/mol. The smallest absolute Gasteiger partial charge is 0.406 e. The number of carbonyl (C=O) groups excluding carboxylic acids is 1. The van der Waals surface area contributed by atoms with Crippen LogP contribution in [0.1, 0.15) is 34.0 Å². The molecule has 212 valence electrons. The highest BCUT2D eigenvalue weighted by molar-refractivity contribution is 5.62. The Bertz CT molecular complexity index is 1390. The Balaban J connectivity index is 1.58. The van der Waals surface area contributed by atoms with E-state index in [9.17, 15) is 18.0 Å². The second kappa shape index (κ2) is 12.2. The number of aryl methyl sites for hydroxylation is 1. The number of nitrogens with one attached hydrogen (secondary N) is 1. The quantitative estimate of drug-likeness (QED) is 0.247. The molecule has 8 heteroatoms. The van der Waals surface area contributed by atoms with Crippen molar-refractivity contribution in [2.75, 3.05) is 6.54 Å². The molecule has 1 aliphatic heterocycles. The Morgan fingerprint density at radius 1 is 0.951 bits per heavy atom. The Kier molecular flexibility index (Phi) is 8.52. The molecule has 0 spiro atoms. The van der Waals surface area contributed by atoms with Crippen molar-refractivity contribution in [3.63, 3.8) is 0 Å². The fourth-order valence-electron chi connectivity index (χ4n) is 5.93. The molecule has 1 saturated heterocycles. The van der Waals surface area contributed by atoms with Crippen LogP contribution >= 0.6 is 0 Å². The number of benzene rings is 3. The molecule has 0 bridgehead atoms. The van der Waals surface area contributed by atoms with Gasteiger partial charge in [0.15, 0.2) is 0 Å². The number of piperazine rings is 1. The second-order valence-corrected chi connectivity index (χ2v) is 10.5. The summed E-state index contributed by atoms with van der Waals surface area (Å²) in [5, 5.41) is 3.75. The molecule has 1 aromatic heterocycles. The first kappa shape index (κ1) is 28.5. The molecule has 5 rings (SSSR count). The average molecular weight is 560 g/mol. The maximum atomic E-state index is 13.2. The second-order valence-electron chi connectivity index (χ2n) is 10.5. The van der Waals surface area contributed by atoms with Crippen molar-refractivity contribution in [1.29, 1.82) is 0 Å². The zero-order chi connectivity index (χ0) is 28.9. The number of ether oxygens (including phenoxy) is 1. The number of aromatic nitrogens is 1. The first-order valence-electron chi connectivity index (χ1n) is 13.6. The topological polar surface area (TPSA) is 54.5 Å². The van der Waals surface area contributed by atoms with Crippen LogP contribution in [0.4, 0.5) is 13.2 Å². The lowest BCUT2D eigenvalue weighted by molar-refractivity contribution is -0.274. The van der Waals surface area contributed by atoms with E-state index in [1.807, 2.05) is 66.7 Å². The van der Waals surface area contributed by atoms with Gasteiger partial charge < -0.3 is 14.8 Å². The number of hydrogen-bond acceptors (Lipinski definition) is 5. The van der Waals surface area contributed by atoms with Gasteiger partial charge >= 0.3 is 6.36 Å². The van der Waals surface area contributed by atoms with Crippen molar-refractivity contribution in [2.45, 2.75) is 50.3 Å². The summed E-state index contributed by atoms with van der Waals surface area (Å²) >= 11 is 0. The lowest BCUT2D eigenvalue weighted by Gasteiger charge is -2.53. The van der Waals surface area contributed by atoms with Crippen LogP contribution in [0.25, 0.3) is 0 Å².